The van der Waals surface area contributed by atoms with Gasteiger partial charge < -0.3 is 4.90 Å². The third-order valence-electron chi connectivity index (χ3n) is 3.84. The monoisotopic (exact) mass is 291 g/mol. The van der Waals surface area contributed by atoms with E-state index in [1.165, 1.54) is 28.8 Å². The number of anilines is 2. The van der Waals surface area contributed by atoms with E-state index >= 15 is 0 Å². The van der Waals surface area contributed by atoms with Crippen LogP contribution in [0.15, 0.2) is 72.8 Å². The van der Waals surface area contributed by atoms with Gasteiger partial charge in [-0.3, -0.25) is 0 Å². The van der Waals surface area contributed by atoms with Crippen molar-refractivity contribution >= 4 is 11.4 Å². The zero-order chi connectivity index (χ0) is 15.5. The summed E-state index contributed by atoms with van der Waals surface area (Å²) in [7, 11) is 1.94. The van der Waals surface area contributed by atoms with Crippen LogP contribution in [0.2, 0.25) is 0 Å². The second-order valence-corrected chi connectivity index (χ2v) is 5.45. The molecule has 3 aromatic rings. The van der Waals surface area contributed by atoms with Gasteiger partial charge in [-0.25, -0.2) is 4.39 Å². The Morgan fingerprint density at radius 1 is 0.727 bits per heavy atom. The predicted octanol–water partition coefficient (Wildman–Crippen LogP) is 5.57. The van der Waals surface area contributed by atoms with Crippen molar-refractivity contribution in [1.82, 2.24) is 0 Å². The molecule has 0 aromatic heterocycles. The molecule has 110 valence electrons. The Hall–Kier alpha value is -2.61. The lowest BCUT2D eigenvalue weighted by Crippen LogP contribution is -2.09. The number of hydrogen-bond donors (Lipinski definition) is 0. The molecular weight excluding hydrogens is 273 g/mol. The Kier molecular flexibility index (Phi) is 3.92. The van der Waals surface area contributed by atoms with Crippen LogP contribution in [0.25, 0.3) is 11.1 Å². The smallest absolute Gasteiger partial charge is 0.125 e. The fourth-order valence-corrected chi connectivity index (χ4v) is 2.46. The number of benzene rings is 3. The van der Waals surface area contributed by atoms with Crippen LogP contribution in [0.5, 0.6) is 0 Å². The summed E-state index contributed by atoms with van der Waals surface area (Å²) in [6.45, 7) is 2.08. The zero-order valence-corrected chi connectivity index (χ0v) is 12.8. The average molecular weight is 291 g/mol. The normalized spacial score (nSPS) is 10.5. The van der Waals surface area contributed by atoms with Crippen molar-refractivity contribution in [3.63, 3.8) is 0 Å². The predicted molar refractivity (Wildman–Crippen MR) is 91.1 cm³/mol. The van der Waals surface area contributed by atoms with Gasteiger partial charge in [-0.05, 0) is 48.4 Å². The summed E-state index contributed by atoms with van der Waals surface area (Å²) >= 11 is 0. The molecule has 0 amide bonds. The third kappa shape index (κ3) is 3.01. The molecular formula is C20H18FN. The lowest BCUT2D eigenvalue weighted by molar-refractivity contribution is 0.628. The minimum absolute atomic E-state index is 0.222. The molecule has 0 aliphatic carbocycles. The van der Waals surface area contributed by atoms with Gasteiger partial charge in [0, 0.05) is 18.4 Å². The molecule has 0 fully saturated rings. The largest absolute Gasteiger partial charge is 0.345 e. The Bertz CT molecular complexity index is 760. The van der Waals surface area contributed by atoms with Gasteiger partial charge in [0.25, 0.3) is 0 Å². The molecule has 0 saturated carbocycles. The summed E-state index contributed by atoms with van der Waals surface area (Å²) in [5.74, 6) is -0.222. The molecule has 0 unspecified atom stereocenters. The van der Waals surface area contributed by atoms with Gasteiger partial charge in [-0.1, -0.05) is 48.0 Å². The first-order chi connectivity index (χ1) is 10.6. The zero-order valence-electron chi connectivity index (χ0n) is 12.8. The molecule has 0 aliphatic heterocycles. The van der Waals surface area contributed by atoms with Gasteiger partial charge in [0.05, 0.1) is 0 Å². The highest BCUT2D eigenvalue weighted by Gasteiger charge is 2.05. The van der Waals surface area contributed by atoms with E-state index in [0.717, 1.165) is 11.4 Å². The molecule has 22 heavy (non-hydrogen) atoms. The minimum atomic E-state index is -0.222. The summed E-state index contributed by atoms with van der Waals surface area (Å²) in [5.41, 5.74) is 5.50. The summed E-state index contributed by atoms with van der Waals surface area (Å²) in [6, 6.07) is 23.4. The molecule has 0 bridgehead atoms. The molecule has 1 nitrogen and oxygen atoms in total. The molecule has 0 atom stereocenters. The Morgan fingerprint density at radius 3 is 1.91 bits per heavy atom. The van der Waals surface area contributed by atoms with Crippen LogP contribution < -0.4 is 4.90 Å². The van der Waals surface area contributed by atoms with Crippen molar-refractivity contribution in [2.75, 3.05) is 11.9 Å². The minimum Gasteiger partial charge on any atom is -0.345 e. The molecule has 0 radical (unpaired) electrons. The first-order valence-corrected chi connectivity index (χ1v) is 7.30. The Morgan fingerprint density at radius 2 is 1.32 bits per heavy atom. The highest BCUT2D eigenvalue weighted by Crippen LogP contribution is 2.27. The third-order valence-corrected chi connectivity index (χ3v) is 3.84. The quantitative estimate of drug-likeness (QED) is 0.610. The molecule has 2 heteroatoms. The van der Waals surface area contributed by atoms with Crippen molar-refractivity contribution in [3.05, 3.63) is 84.2 Å². The van der Waals surface area contributed by atoms with Crippen LogP contribution >= 0.6 is 0 Å². The number of halogens is 1. The number of nitrogens with zero attached hydrogens (tertiary/aromatic N) is 1. The van der Waals surface area contributed by atoms with Gasteiger partial charge in [-0.2, -0.15) is 0 Å². The van der Waals surface area contributed by atoms with Crippen LogP contribution in [0.1, 0.15) is 5.56 Å². The molecule has 0 N–H and O–H groups in total. The van der Waals surface area contributed by atoms with E-state index in [2.05, 4.69) is 55.5 Å². The maximum Gasteiger partial charge on any atom is 0.125 e. The van der Waals surface area contributed by atoms with Crippen LogP contribution in [-0.2, 0) is 0 Å². The van der Waals surface area contributed by atoms with Crippen molar-refractivity contribution < 1.29 is 4.39 Å². The first kappa shape index (κ1) is 14.3. The molecule has 3 rings (SSSR count). The number of rotatable bonds is 3. The first-order valence-electron chi connectivity index (χ1n) is 7.30. The lowest BCUT2D eigenvalue weighted by atomic mass is 10.0. The molecule has 0 saturated heterocycles. The van der Waals surface area contributed by atoms with Gasteiger partial charge in [0.2, 0.25) is 0 Å². The lowest BCUT2D eigenvalue weighted by Gasteiger charge is -2.20. The average Bonchev–Trinajstić information content (AvgIpc) is 2.55. The SMILES string of the molecule is Cc1ccc(-c2ccc(N(C)c3cccc(F)c3)cc2)cc1. The summed E-state index contributed by atoms with van der Waals surface area (Å²) in [5, 5.41) is 0. The summed E-state index contributed by atoms with van der Waals surface area (Å²) < 4.78 is 13.3. The summed E-state index contributed by atoms with van der Waals surface area (Å²) in [6.07, 6.45) is 0. The van der Waals surface area contributed by atoms with E-state index in [9.17, 15) is 4.39 Å². The van der Waals surface area contributed by atoms with Crippen molar-refractivity contribution in [2.45, 2.75) is 6.92 Å². The van der Waals surface area contributed by atoms with Crippen LogP contribution in [0.4, 0.5) is 15.8 Å². The Balaban J connectivity index is 1.86. The van der Waals surface area contributed by atoms with Crippen molar-refractivity contribution in [3.8, 4) is 11.1 Å². The molecule has 3 aromatic carbocycles. The fourth-order valence-electron chi connectivity index (χ4n) is 2.46. The van der Waals surface area contributed by atoms with Crippen molar-refractivity contribution in [2.24, 2.45) is 0 Å². The van der Waals surface area contributed by atoms with Crippen LogP contribution in [0.3, 0.4) is 0 Å². The maximum atomic E-state index is 13.3. The van der Waals surface area contributed by atoms with E-state index in [0.29, 0.717) is 0 Å². The van der Waals surface area contributed by atoms with E-state index in [1.54, 1.807) is 6.07 Å². The van der Waals surface area contributed by atoms with Crippen LogP contribution in [-0.4, -0.2) is 7.05 Å². The molecule has 0 heterocycles. The molecule has 0 spiro atoms. The van der Waals surface area contributed by atoms with E-state index in [1.807, 2.05) is 18.0 Å². The van der Waals surface area contributed by atoms with E-state index in [4.69, 9.17) is 0 Å². The second kappa shape index (κ2) is 6.02. The standard InChI is InChI=1S/C20H18FN/c1-15-6-8-16(9-7-15)17-10-12-19(13-11-17)22(2)20-5-3-4-18(21)14-20/h3-14H,1-2H3. The highest BCUT2D eigenvalue weighted by molar-refractivity contribution is 5.69. The highest BCUT2D eigenvalue weighted by atomic mass is 19.1. The van der Waals surface area contributed by atoms with Gasteiger partial charge >= 0.3 is 0 Å². The summed E-state index contributed by atoms with van der Waals surface area (Å²) in [4.78, 5) is 1.97. The molecule has 0 aliphatic rings. The number of hydrogen-bond acceptors (Lipinski definition) is 1. The fraction of sp³-hybridized carbons (Fsp3) is 0.100. The van der Waals surface area contributed by atoms with Crippen LogP contribution in [0, 0.1) is 12.7 Å². The van der Waals surface area contributed by atoms with E-state index < -0.39 is 0 Å². The topological polar surface area (TPSA) is 3.24 Å². The van der Waals surface area contributed by atoms with Gasteiger partial charge in [0.1, 0.15) is 5.82 Å². The van der Waals surface area contributed by atoms with Crippen molar-refractivity contribution in [1.29, 1.82) is 0 Å². The Labute approximate surface area is 130 Å². The van der Waals surface area contributed by atoms with E-state index in [-0.39, 0.29) is 5.82 Å². The second-order valence-electron chi connectivity index (χ2n) is 5.45. The number of aryl methyl sites for hydroxylation is 1. The van der Waals surface area contributed by atoms with Gasteiger partial charge in [0.15, 0.2) is 0 Å². The maximum absolute atomic E-state index is 13.3. The van der Waals surface area contributed by atoms with Gasteiger partial charge in [-0.15, -0.1) is 0 Å².